The predicted octanol–water partition coefficient (Wildman–Crippen LogP) is 4.35. The van der Waals surface area contributed by atoms with Crippen molar-refractivity contribution >= 4 is 39.9 Å². The molecule has 2 amide bonds. The lowest BCUT2D eigenvalue weighted by molar-refractivity contribution is -0.121. The van der Waals surface area contributed by atoms with E-state index < -0.39 is 0 Å². The van der Waals surface area contributed by atoms with Gasteiger partial charge in [0.15, 0.2) is 5.13 Å². The molecule has 8 heteroatoms. The van der Waals surface area contributed by atoms with Crippen molar-refractivity contribution in [1.82, 2.24) is 10.3 Å². The van der Waals surface area contributed by atoms with E-state index in [0.717, 1.165) is 17.0 Å². The van der Waals surface area contributed by atoms with Crippen LogP contribution in [0.2, 0.25) is 5.02 Å². The molecule has 1 aromatic heterocycles. The zero-order valence-corrected chi connectivity index (χ0v) is 18.1. The molecule has 0 atom stereocenters. The largest absolute Gasteiger partial charge is 0.496 e. The number of thiazole rings is 1. The molecule has 0 bridgehead atoms. The van der Waals surface area contributed by atoms with Crippen LogP contribution in [0.1, 0.15) is 28.0 Å². The first-order chi connectivity index (χ1) is 14.5. The van der Waals surface area contributed by atoms with Crippen molar-refractivity contribution in [2.24, 2.45) is 0 Å². The lowest BCUT2D eigenvalue weighted by Gasteiger charge is -2.09. The molecule has 30 heavy (non-hydrogen) atoms. The second-order valence-corrected chi connectivity index (χ2v) is 7.81. The molecule has 0 radical (unpaired) electrons. The second kappa shape index (κ2) is 10.8. The molecule has 2 aromatic carbocycles. The van der Waals surface area contributed by atoms with Gasteiger partial charge in [0.25, 0.3) is 5.91 Å². The van der Waals surface area contributed by atoms with E-state index in [1.165, 1.54) is 11.3 Å². The Hall–Kier alpha value is -2.90. The van der Waals surface area contributed by atoms with Gasteiger partial charge in [0.1, 0.15) is 5.75 Å². The Bertz CT molecular complexity index is 1000. The number of amides is 2. The van der Waals surface area contributed by atoms with Gasteiger partial charge in [0.05, 0.1) is 12.8 Å². The van der Waals surface area contributed by atoms with Crippen molar-refractivity contribution in [3.8, 4) is 5.75 Å². The smallest absolute Gasteiger partial charge is 0.257 e. The highest BCUT2D eigenvalue weighted by Gasteiger charge is 2.10. The Kier molecular flexibility index (Phi) is 7.82. The number of nitrogens with one attached hydrogen (secondary N) is 2. The molecule has 0 saturated heterocycles. The first kappa shape index (κ1) is 21.8. The number of methoxy groups -OCH3 is 1. The molecule has 3 rings (SSSR count). The number of aryl methyl sites for hydroxylation is 1. The number of para-hydroxylation sites is 1. The lowest BCUT2D eigenvalue weighted by atomic mass is 10.1. The third-order valence-corrected chi connectivity index (χ3v) is 5.45. The summed E-state index contributed by atoms with van der Waals surface area (Å²) in [6.45, 7) is 0.540. The summed E-state index contributed by atoms with van der Waals surface area (Å²) in [7, 11) is 1.64. The molecule has 0 unspecified atom stereocenters. The topological polar surface area (TPSA) is 80.3 Å². The molecule has 0 aliphatic heterocycles. The summed E-state index contributed by atoms with van der Waals surface area (Å²) >= 11 is 7.17. The van der Waals surface area contributed by atoms with E-state index in [-0.39, 0.29) is 11.8 Å². The van der Waals surface area contributed by atoms with Crippen LogP contribution in [-0.4, -0.2) is 30.5 Å². The van der Waals surface area contributed by atoms with Gasteiger partial charge in [-0.2, -0.15) is 0 Å². The maximum absolute atomic E-state index is 12.2. The van der Waals surface area contributed by atoms with Crippen LogP contribution in [0, 0.1) is 0 Å². The molecular weight excluding hydrogens is 422 g/mol. The quantitative estimate of drug-likeness (QED) is 0.515. The highest BCUT2D eigenvalue weighted by Crippen LogP contribution is 2.19. The SMILES string of the molecule is COc1ccccc1CCNC(=O)CCc1csc(NC(=O)c2ccc(Cl)cc2)n1. The van der Waals surface area contributed by atoms with E-state index in [1.54, 1.807) is 31.4 Å². The van der Waals surface area contributed by atoms with Gasteiger partial charge < -0.3 is 10.1 Å². The highest BCUT2D eigenvalue weighted by molar-refractivity contribution is 7.14. The zero-order valence-electron chi connectivity index (χ0n) is 16.5. The Morgan fingerprint density at radius 3 is 2.63 bits per heavy atom. The molecule has 0 spiro atoms. The van der Waals surface area contributed by atoms with Gasteiger partial charge in [-0.25, -0.2) is 4.98 Å². The van der Waals surface area contributed by atoms with E-state index >= 15 is 0 Å². The molecule has 0 saturated carbocycles. The zero-order chi connectivity index (χ0) is 21.3. The normalized spacial score (nSPS) is 10.5. The van der Waals surface area contributed by atoms with Crippen molar-refractivity contribution in [2.45, 2.75) is 19.3 Å². The van der Waals surface area contributed by atoms with E-state index in [1.807, 2.05) is 29.6 Å². The van der Waals surface area contributed by atoms with Crippen molar-refractivity contribution in [1.29, 1.82) is 0 Å². The molecule has 0 aliphatic carbocycles. The molecule has 1 heterocycles. The number of nitrogens with zero attached hydrogens (tertiary/aromatic N) is 1. The molecule has 156 valence electrons. The minimum absolute atomic E-state index is 0.0374. The molecular formula is C22H22ClN3O3S. The minimum Gasteiger partial charge on any atom is -0.496 e. The number of ether oxygens (including phenoxy) is 1. The van der Waals surface area contributed by atoms with Crippen LogP contribution in [0.3, 0.4) is 0 Å². The van der Waals surface area contributed by atoms with Gasteiger partial charge >= 0.3 is 0 Å². The fraction of sp³-hybridized carbons (Fsp3) is 0.227. The third kappa shape index (κ3) is 6.30. The maximum atomic E-state index is 12.2. The fourth-order valence-electron chi connectivity index (χ4n) is 2.83. The lowest BCUT2D eigenvalue weighted by Crippen LogP contribution is -2.26. The van der Waals surface area contributed by atoms with Gasteiger partial charge in [0, 0.05) is 28.9 Å². The van der Waals surface area contributed by atoms with Gasteiger partial charge in [-0.05, 0) is 48.7 Å². The van der Waals surface area contributed by atoms with Crippen LogP contribution in [0.15, 0.2) is 53.9 Å². The number of carbonyl (C=O) groups is 2. The Labute approximate surface area is 184 Å². The van der Waals surface area contributed by atoms with Crippen molar-refractivity contribution < 1.29 is 14.3 Å². The van der Waals surface area contributed by atoms with Crippen molar-refractivity contribution in [2.75, 3.05) is 19.0 Å². The van der Waals surface area contributed by atoms with Crippen LogP contribution in [0.25, 0.3) is 0 Å². The summed E-state index contributed by atoms with van der Waals surface area (Å²) in [5.74, 6) is 0.536. The highest BCUT2D eigenvalue weighted by atomic mass is 35.5. The number of halogens is 1. The number of hydrogen-bond acceptors (Lipinski definition) is 5. The second-order valence-electron chi connectivity index (χ2n) is 6.52. The van der Waals surface area contributed by atoms with Crippen molar-refractivity contribution in [3.05, 3.63) is 75.8 Å². The molecule has 3 aromatic rings. The number of benzene rings is 2. The third-order valence-electron chi connectivity index (χ3n) is 4.40. The first-order valence-corrected chi connectivity index (χ1v) is 10.7. The Morgan fingerprint density at radius 2 is 1.87 bits per heavy atom. The number of anilines is 1. The van der Waals surface area contributed by atoms with Crippen LogP contribution >= 0.6 is 22.9 Å². The average Bonchev–Trinajstić information content (AvgIpc) is 3.20. The monoisotopic (exact) mass is 443 g/mol. The summed E-state index contributed by atoms with van der Waals surface area (Å²) in [6, 6.07) is 14.4. The van der Waals surface area contributed by atoms with Crippen LogP contribution in [0.4, 0.5) is 5.13 Å². The number of rotatable bonds is 9. The van der Waals surface area contributed by atoms with E-state index in [4.69, 9.17) is 16.3 Å². The van der Waals surface area contributed by atoms with E-state index in [9.17, 15) is 9.59 Å². The predicted molar refractivity (Wildman–Crippen MR) is 120 cm³/mol. The van der Waals surface area contributed by atoms with Crippen molar-refractivity contribution in [3.63, 3.8) is 0 Å². The number of carbonyl (C=O) groups excluding carboxylic acids is 2. The average molecular weight is 444 g/mol. The Balaban J connectivity index is 1.41. The summed E-state index contributed by atoms with van der Waals surface area (Å²) in [5.41, 5.74) is 2.33. The molecule has 2 N–H and O–H groups in total. The molecule has 6 nitrogen and oxygen atoms in total. The van der Waals surface area contributed by atoms with Crippen LogP contribution < -0.4 is 15.4 Å². The summed E-state index contributed by atoms with van der Waals surface area (Å²) in [6.07, 6.45) is 1.54. The summed E-state index contributed by atoms with van der Waals surface area (Å²) < 4.78 is 5.32. The van der Waals surface area contributed by atoms with Gasteiger partial charge in [-0.1, -0.05) is 29.8 Å². The van der Waals surface area contributed by atoms with Gasteiger partial charge in [-0.15, -0.1) is 11.3 Å². The van der Waals surface area contributed by atoms with Crippen LogP contribution in [-0.2, 0) is 17.6 Å². The first-order valence-electron chi connectivity index (χ1n) is 9.45. The van der Waals surface area contributed by atoms with Crippen LogP contribution in [0.5, 0.6) is 5.75 Å². The molecule has 0 aliphatic rings. The Morgan fingerprint density at radius 1 is 1.10 bits per heavy atom. The van der Waals surface area contributed by atoms with Gasteiger partial charge in [0.2, 0.25) is 5.91 Å². The summed E-state index contributed by atoms with van der Waals surface area (Å²) in [4.78, 5) is 28.7. The maximum Gasteiger partial charge on any atom is 0.257 e. The van der Waals surface area contributed by atoms with E-state index in [0.29, 0.717) is 41.5 Å². The fourth-order valence-corrected chi connectivity index (χ4v) is 3.69. The molecule has 0 fully saturated rings. The number of aromatic nitrogens is 1. The standard InChI is InChI=1S/C22H22ClN3O3S/c1-29-19-5-3-2-4-15(19)12-13-24-20(27)11-10-18-14-30-22(25-18)26-21(28)16-6-8-17(23)9-7-16/h2-9,14H,10-13H2,1H3,(H,24,27)(H,25,26,28). The number of hydrogen-bond donors (Lipinski definition) is 2. The van der Waals surface area contributed by atoms with E-state index in [2.05, 4.69) is 15.6 Å². The minimum atomic E-state index is -0.248. The van der Waals surface area contributed by atoms with Gasteiger partial charge in [-0.3, -0.25) is 14.9 Å². The summed E-state index contributed by atoms with van der Waals surface area (Å²) in [5, 5.41) is 8.60.